The number of carbonyl (C=O) groups excluding carboxylic acids is 3. The minimum Gasteiger partial charge on any atom is -0.504 e. The molecule has 1 aliphatic heterocycles. The molecule has 0 radical (unpaired) electrons. The number of nitrogens with two attached hydrogens (primary N) is 1. The summed E-state index contributed by atoms with van der Waals surface area (Å²) < 4.78 is 47.6. The molecule has 0 aliphatic carbocycles. The van der Waals surface area contributed by atoms with Crippen LogP contribution in [-0.4, -0.2) is 105 Å². The van der Waals surface area contributed by atoms with Gasteiger partial charge in [0.1, 0.15) is 31.7 Å². The van der Waals surface area contributed by atoms with Crippen molar-refractivity contribution in [3.8, 4) is 11.5 Å². The molecule has 0 unspecified atom stereocenters. The zero-order valence-corrected chi connectivity index (χ0v) is 35.1. The molecule has 0 atom stereocenters. The summed E-state index contributed by atoms with van der Waals surface area (Å²) in [6, 6.07) is 8.22. The van der Waals surface area contributed by atoms with Crippen molar-refractivity contribution in [2.75, 3.05) is 58.8 Å². The third-order valence-electron chi connectivity index (χ3n) is 7.57. The number of nitrogens with zero attached hydrogens (tertiary/aromatic N) is 4. The first-order valence-electron chi connectivity index (χ1n) is 18.5. The summed E-state index contributed by atoms with van der Waals surface area (Å²) in [4.78, 5) is 42.3. The molecular formula is C39H57ClF3N9O6. The van der Waals surface area contributed by atoms with Crippen LogP contribution in [0.25, 0.3) is 0 Å². The number of hydrogen-bond acceptors (Lipinski definition) is 12. The highest BCUT2D eigenvalue weighted by Gasteiger charge is 2.31. The average Bonchev–Trinajstić information content (AvgIpc) is 3.23. The van der Waals surface area contributed by atoms with E-state index in [-0.39, 0.29) is 59.8 Å². The van der Waals surface area contributed by atoms with Crippen molar-refractivity contribution in [1.82, 2.24) is 20.5 Å². The molecule has 58 heavy (non-hydrogen) atoms. The van der Waals surface area contributed by atoms with Crippen molar-refractivity contribution in [3.63, 3.8) is 0 Å². The summed E-state index contributed by atoms with van der Waals surface area (Å²) in [6.07, 6.45) is -2.82. The number of halogens is 4. The van der Waals surface area contributed by atoms with Crippen LogP contribution in [0.2, 0.25) is 5.02 Å². The number of rotatable bonds is 17. The van der Waals surface area contributed by atoms with Gasteiger partial charge in [0.05, 0.1) is 22.0 Å². The molecular weight excluding hydrogens is 783 g/mol. The highest BCUT2D eigenvalue weighted by molar-refractivity contribution is 6.33. The number of anilines is 1. The quantitative estimate of drug-likeness (QED) is 0.0198. The van der Waals surface area contributed by atoms with Crippen LogP contribution in [0.1, 0.15) is 65.5 Å². The van der Waals surface area contributed by atoms with E-state index in [1.165, 1.54) is 13.0 Å². The third-order valence-corrected chi connectivity index (χ3v) is 7.89. The Morgan fingerprint density at radius 2 is 1.71 bits per heavy atom. The van der Waals surface area contributed by atoms with E-state index >= 15 is 0 Å². The van der Waals surface area contributed by atoms with Gasteiger partial charge in [-0.05, 0) is 56.5 Å². The first-order chi connectivity index (χ1) is 27.7. The van der Waals surface area contributed by atoms with E-state index in [0.29, 0.717) is 60.8 Å². The van der Waals surface area contributed by atoms with Crippen molar-refractivity contribution in [3.05, 3.63) is 75.4 Å². The SMILES string of the molecule is C=N/C(=N\N(CC=O)C(=O)/C(=C(/CC)NC)N(CCNC=O)CCC(=N)/C(O)=C(/C)N)c1ccc2c(c1)OCCO2.CC.CC.CNc1ccc(C(F)(F)F)cc1Cl. The number of amides is 2. The number of amidine groups is 1. The fourth-order valence-corrected chi connectivity index (χ4v) is 5.12. The number of ether oxygens (including phenoxy) is 2. The Morgan fingerprint density at radius 1 is 1.07 bits per heavy atom. The number of aldehydes is 1. The predicted octanol–water partition coefficient (Wildman–Crippen LogP) is 6.35. The average molecular weight is 840 g/mol. The lowest BCUT2D eigenvalue weighted by Crippen LogP contribution is -2.42. The third kappa shape index (κ3) is 16.4. The molecule has 15 nitrogen and oxygen atoms in total. The van der Waals surface area contributed by atoms with E-state index < -0.39 is 24.2 Å². The Labute approximate surface area is 343 Å². The van der Waals surface area contributed by atoms with Gasteiger partial charge in [-0.1, -0.05) is 46.2 Å². The van der Waals surface area contributed by atoms with E-state index in [4.69, 9.17) is 32.2 Å². The molecule has 7 N–H and O–H groups in total. The predicted molar refractivity (Wildman–Crippen MR) is 224 cm³/mol. The van der Waals surface area contributed by atoms with E-state index in [1.54, 1.807) is 37.2 Å². The number of carbonyl (C=O) groups is 3. The summed E-state index contributed by atoms with van der Waals surface area (Å²) in [5, 5.41) is 32.0. The Kier molecular flexibility index (Phi) is 25.0. The molecule has 1 heterocycles. The molecule has 1 aliphatic rings. The summed E-state index contributed by atoms with van der Waals surface area (Å²) in [7, 11) is 3.25. The number of aliphatic hydroxyl groups excluding tert-OH is 1. The minimum atomic E-state index is -4.34. The summed E-state index contributed by atoms with van der Waals surface area (Å²) >= 11 is 5.57. The minimum absolute atomic E-state index is 0.0343. The van der Waals surface area contributed by atoms with Gasteiger partial charge >= 0.3 is 6.18 Å². The molecule has 0 saturated heterocycles. The van der Waals surface area contributed by atoms with Crippen molar-refractivity contribution < 1.29 is 42.1 Å². The second kappa shape index (κ2) is 27.8. The smallest absolute Gasteiger partial charge is 0.416 e. The van der Waals surface area contributed by atoms with Crippen LogP contribution in [0.4, 0.5) is 18.9 Å². The Bertz CT molecular complexity index is 1740. The number of hydrazone groups is 1. The van der Waals surface area contributed by atoms with E-state index in [9.17, 15) is 32.7 Å². The van der Waals surface area contributed by atoms with Crippen LogP contribution in [0.5, 0.6) is 11.5 Å². The van der Waals surface area contributed by atoms with Gasteiger partial charge in [-0.2, -0.15) is 13.2 Å². The first-order valence-corrected chi connectivity index (χ1v) is 18.9. The first kappa shape index (κ1) is 52.2. The maximum atomic E-state index is 14.1. The molecule has 0 bridgehead atoms. The van der Waals surface area contributed by atoms with E-state index in [2.05, 4.69) is 32.8 Å². The molecule has 3 rings (SSSR count). The largest absolute Gasteiger partial charge is 0.504 e. The second-order valence-corrected chi connectivity index (χ2v) is 11.6. The summed E-state index contributed by atoms with van der Waals surface area (Å²) in [5.74, 6) is 0.152. The van der Waals surface area contributed by atoms with Crippen molar-refractivity contribution in [2.45, 2.75) is 60.6 Å². The second-order valence-electron chi connectivity index (χ2n) is 11.2. The van der Waals surface area contributed by atoms with Gasteiger partial charge in [0, 0.05) is 57.1 Å². The zero-order chi connectivity index (χ0) is 44.4. The molecule has 2 amide bonds. The molecule has 19 heteroatoms. The van der Waals surface area contributed by atoms with Crippen molar-refractivity contribution in [1.29, 1.82) is 5.41 Å². The molecule has 0 spiro atoms. The number of nitrogens with one attached hydrogen (secondary N) is 4. The molecule has 0 aromatic heterocycles. The van der Waals surface area contributed by atoms with Crippen molar-refractivity contribution >= 4 is 54.2 Å². The lowest BCUT2D eigenvalue weighted by Gasteiger charge is -2.31. The maximum Gasteiger partial charge on any atom is 0.416 e. The maximum absolute atomic E-state index is 14.1. The van der Waals surface area contributed by atoms with Crippen LogP contribution >= 0.6 is 11.6 Å². The summed E-state index contributed by atoms with van der Waals surface area (Å²) in [5.41, 5.74) is 6.53. The van der Waals surface area contributed by atoms with E-state index in [1.807, 2.05) is 34.6 Å². The van der Waals surface area contributed by atoms with Gasteiger partial charge in [-0.3, -0.25) is 9.59 Å². The van der Waals surface area contributed by atoms with Crippen LogP contribution in [0.3, 0.4) is 0 Å². The molecule has 2 aromatic carbocycles. The molecule has 0 fully saturated rings. The molecule has 322 valence electrons. The lowest BCUT2D eigenvalue weighted by atomic mass is 10.1. The number of aliphatic imine (C=N–C) groups is 1. The summed E-state index contributed by atoms with van der Waals surface area (Å²) in [6.45, 7) is 15.8. The van der Waals surface area contributed by atoms with Crippen LogP contribution in [0.15, 0.2) is 69.3 Å². The van der Waals surface area contributed by atoms with Crippen molar-refractivity contribution in [2.24, 2.45) is 15.8 Å². The topological polar surface area (TPSA) is 207 Å². The van der Waals surface area contributed by atoms with Crippen LogP contribution < -0.4 is 31.2 Å². The monoisotopic (exact) mass is 839 g/mol. The standard InChI is InChI=1S/C27H38N8O6.C8H7ClF3N.2C2H6/c1-5-21(30-3)24(34(11-9-32-17-37)10-8-20(29)25(38)18(2)28)27(39)35(12-13-36)33-26(31-4)19-6-7-22-23(16-19)41-15-14-40-22;1-13-7-3-2-5(4-6(7)9)8(10,11)12;2*1-2/h6-7,13,16-17,29-30,38H,4-5,8-12,14-15,28H2,1-3H3,(H,32,37);2-4,13H,1H3;2*1-2H3/b24-21+,25-18+,29-20?,33-26-;;;. The molecule has 0 saturated carbocycles. The zero-order valence-electron chi connectivity index (χ0n) is 34.3. The Balaban J connectivity index is 0.00000159. The van der Waals surface area contributed by atoms with Crippen LogP contribution in [-0.2, 0) is 20.6 Å². The highest BCUT2D eigenvalue weighted by atomic mass is 35.5. The number of aliphatic hydroxyl groups is 1. The van der Waals surface area contributed by atoms with Gasteiger partial charge in [-0.25, -0.2) is 10.0 Å². The fourth-order valence-electron chi connectivity index (χ4n) is 4.85. The fraction of sp³-hybridized carbons (Fsp3) is 0.436. The van der Waals surface area contributed by atoms with Gasteiger partial charge in [0.2, 0.25) is 6.41 Å². The number of hydrogen-bond donors (Lipinski definition) is 6. The number of fused-ring (bicyclic) bond motifs is 1. The highest BCUT2D eigenvalue weighted by Crippen LogP contribution is 2.34. The van der Waals surface area contributed by atoms with Crippen LogP contribution in [0, 0.1) is 5.41 Å². The van der Waals surface area contributed by atoms with Gasteiger partial charge < -0.3 is 51.4 Å². The van der Waals surface area contributed by atoms with Gasteiger partial charge in [0.25, 0.3) is 5.91 Å². The Morgan fingerprint density at radius 3 is 2.21 bits per heavy atom. The number of allylic oxidation sites excluding steroid dienone is 3. The van der Waals surface area contributed by atoms with Gasteiger partial charge in [0.15, 0.2) is 23.1 Å². The Hall–Kier alpha value is -5.78. The normalized spacial score (nSPS) is 12.4. The molecule has 2 aromatic rings. The lowest BCUT2D eigenvalue weighted by molar-refractivity contribution is -0.137. The van der Waals surface area contributed by atoms with E-state index in [0.717, 1.165) is 17.1 Å². The number of benzene rings is 2. The number of alkyl halides is 3. The van der Waals surface area contributed by atoms with Gasteiger partial charge in [-0.15, -0.1) is 5.10 Å².